The number of sulfonamides is 1. The van der Waals surface area contributed by atoms with Gasteiger partial charge in [0.15, 0.2) is 11.5 Å². The Morgan fingerprint density at radius 1 is 1.12 bits per heavy atom. The molecule has 1 fully saturated rings. The minimum atomic E-state index is -3.88. The summed E-state index contributed by atoms with van der Waals surface area (Å²) in [6.07, 6.45) is 0.541. The first-order valence-corrected chi connectivity index (χ1v) is 11.8. The van der Waals surface area contributed by atoms with E-state index in [4.69, 9.17) is 21.1 Å². The molecule has 0 radical (unpaired) electrons. The number of methoxy groups -OCH3 is 2. The number of benzene rings is 2. The van der Waals surface area contributed by atoms with Gasteiger partial charge in [-0.2, -0.15) is 0 Å². The van der Waals surface area contributed by atoms with Gasteiger partial charge in [0.2, 0.25) is 15.9 Å². The summed E-state index contributed by atoms with van der Waals surface area (Å²) >= 11 is 6.19. The zero-order chi connectivity index (χ0) is 23.7. The average molecular weight is 481 g/mol. The molecule has 0 bridgehead atoms. The van der Waals surface area contributed by atoms with E-state index in [0.717, 1.165) is 5.56 Å². The van der Waals surface area contributed by atoms with Gasteiger partial charge in [-0.25, -0.2) is 12.7 Å². The van der Waals surface area contributed by atoms with Crippen LogP contribution in [0.15, 0.2) is 36.4 Å². The molecule has 3 rings (SSSR count). The van der Waals surface area contributed by atoms with E-state index in [-0.39, 0.29) is 22.0 Å². The van der Waals surface area contributed by atoms with Gasteiger partial charge in [0, 0.05) is 12.1 Å². The van der Waals surface area contributed by atoms with Gasteiger partial charge in [0.05, 0.1) is 36.1 Å². The van der Waals surface area contributed by atoms with Gasteiger partial charge in [-0.15, -0.1) is 0 Å². The number of amides is 2. The van der Waals surface area contributed by atoms with Crippen LogP contribution in [0, 0.1) is 5.41 Å². The minimum absolute atomic E-state index is 0.0187. The molecule has 0 aliphatic carbocycles. The number of hydrogen-bond acceptors (Lipinski definition) is 6. The Morgan fingerprint density at radius 2 is 1.81 bits per heavy atom. The van der Waals surface area contributed by atoms with Crippen LogP contribution in [0.2, 0.25) is 5.02 Å². The molecule has 2 aromatic carbocycles. The summed E-state index contributed by atoms with van der Waals surface area (Å²) in [6.45, 7) is 3.46. The average Bonchev–Trinajstić information content (AvgIpc) is 2.90. The highest BCUT2D eigenvalue weighted by Gasteiger charge is 2.50. The smallest absolute Gasteiger partial charge is 0.251 e. The van der Waals surface area contributed by atoms with E-state index in [2.05, 4.69) is 5.32 Å². The molecule has 0 aromatic heterocycles. The molecule has 0 spiro atoms. The lowest BCUT2D eigenvalue weighted by Crippen LogP contribution is -2.33. The van der Waals surface area contributed by atoms with Crippen molar-refractivity contribution in [2.45, 2.75) is 20.3 Å². The third-order valence-corrected chi connectivity index (χ3v) is 7.48. The van der Waals surface area contributed by atoms with Gasteiger partial charge in [-0.1, -0.05) is 17.7 Å². The normalized spacial score (nSPS) is 16.7. The number of anilines is 1. The van der Waals surface area contributed by atoms with Crippen LogP contribution in [-0.2, 0) is 21.2 Å². The van der Waals surface area contributed by atoms with Crippen molar-refractivity contribution in [1.82, 2.24) is 5.32 Å². The first-order valence-electron chi connectivity index (χ1n) is 9.86. The third kappa shape index (κ3) is 4.68. The first-order chi connectivity index (χ1) is 15.0. The molecule has 10 heteroatoms. The van der Waals surface area contributed by atoms with Crippen molar-refractivity contribution >= 4 is 39.1 Å². The number of carbonyl (C=O) groups is 2. The summed E-state index contributed by atoms with van der Waals surface area (Å²) in [4.78, 5) is 25.3. The fourth-order valence-electron chi connectivity index (χ4n) is 3.51. The second-order valence-corrected chi connectivity index (χ2v) is 10.3. The highest BCUT2D eigenvalue weighted by atomic mass is 35.5. The second kappa shape index (κ2) is 8.99. The molecule has 1 heterocycles. The molecule has 2 amide bonds. The van der Waals surface area contributed by atoms with E-state index >= 15 is 0 Å². The Morgan fingerprint density at radius 3 is 2.41 bits per heavy atom. The van der Waals surface area contributed by atoms with Crippen molar-refractivity contribution in [3.05, 3.63) is 52.5 Å². The first kappa shape index (κ1) is 23.9. The Balaban J connectivity index is 1.74. The maximum absolute atomic E-state index is 12.7. The Kier molecular flexibility index (Phi) is 6.71. The summed E-state index contributed by atoms with van der Waals surface area (Å²) < 4.78 is 36.3. The van der Waals surface area contributed by atoms with Crippen LogP contribution in [0.4, 0.5) is 5.69 Å². The van der Waals surface area contributed by atoms with Crippen LogP contribution in [0.1, 0.15) is 29.8 Å². The monoisotopic (exact) mass is 480 g/mol. The van der Waals surface area contributed by atoms with Gasteiger partial charge in [-0.05, 0) is 56.2 Å². The summed E-state index contributed by atoms with van der Waals surface area (Å²) in [5.74, 6) is -0.101. The quantitative estimate of drug-likeness (QED) is 0.653. The maximum atomic E-state index is 12.7. The molecule has 2 aromatic rings. The fraction of sp³-hybridized carbons (Fsp3) is 0.364. The molecule has 1 saturated heterocycles. The van der Waals surface area contributed by atoms with Crippen LogP contribution in [0.5, 0.6) is 11.5 Å². The van der Waals surface area contributed by atoms with E-state index in [9.17, 15) is 18.0 Å². The highest BCUT2D eigenvalue weighted by molar-refractivity contribution is 7.94. The highest BCUT2D eigenvalue weighted by Crippen LogP contribution is 2.39. The molecule has 1 aliphatic heterocycles. The number of halogens is 1. The lowest BCUT2D eigenvalue weighted by atomic mass is 9.95. The van der Waals surface area contributed by atoms with Gasteiger partial charge in [-0.3, -0.25) is 9.59 Å². The van der Waals surface area contributed by atoms with Gasteiger partial charge in [0.25, 0.3) is 5.91 Å². The number of ether oxygens (including phenoxy) is 2. The Labute approximate surface area is 192 Å². The summed E-state index contributed by atoms with van der Waals surface area (Å²) in [5.41, 5.74) is 0.0507. The van der Waals surface area contributed by atoms with E-state index < -0.39 is 27.3 Å². The van der Waals surface area contributed by atoms with Crippen molar-refractivity contribution in [2.75, 3.05) is 30.8 Å². The van der Waals surface area contributed by atoms with Crippen LogP contribution in [0.25, 0.3) is 0 Å². The predicted molar refractivity (Wildman–Crippen MR) is 122 cm³/mol. The van der Waals surface area contributed by atoms with Crippen molar-refractivity contribution in [1.29, 1.82) is 0 Å². The SMILES string of the molecule is COc1ccc(CCNC(=O)c2ccc(Cl)c(N3C(=O)C(C)(C)CS3(=O)=O)c2)cc1OC. The van der Waals surface area contributed by atoms with Crippen LogP contribution in [-0.4, -0.2) is 46.7 Å². The predicted octanol–water partition coefficient (Wildman–Crippen LogP) is 3.03. The molecule has 0 atom stereocenters. The van der Waals surface area contributed by atoms with Crippen LogP contribution in [0.3, 0.4) is 0 Å². The fourth-order valence-corrected chi connectivity index (χ4v) is 5.88. The van der Waals surface area contributed by atoms with Crippen molar-refractivity contribution in [3.8, 4) is 11.5 Å². The van der Waals surface area contributed by atoms with Crippen LogP contribution >= 0.6 is 11.6 Å². The molecule has 172 valence electrons. The molecular formula is C22H25ClN2O6S. The summed E-state index contributed by atoms with van der Waals surface area (Å²) in [5, 5.41) is 2.86. The maximum Gasteiger partial charge on any atom is 0.251 e. The Hall–Kier alpha value is -2.78. The number of nitrogens with zero attached hydrogens (tertiary/aromatic N) is 1. The summed E-state index contributed by atoms with van der Waals surface area (Å²) in [7, 11) is -0.777. The minimum Gasteiger partial charge on any atom is -0.493 e. The van der Waals surface area contributed by atoms with E-state index in [0.29, 0.717) is 28.8 Å². The molecule has 0 saturated carbocycles. The number of nitrogens with one attached hydrogen (secondary N) is 1. The van der Waals surface area contributed by atoms with Crippen molar-refractivity contribution < 1.29 is 27.5 Å². The molecular weight excluding hydrogens is 456 g/mol. The van der Waals surface area contributed by atoms with Gasteiger partial charge >= 0.3 is 0 Å². The number of rotatable bonds is 7. The molecule has 0 unspecified atom stereocenters. The summed E-state index contributed by atoms with van der Waals surface area (Å²) in [6, 6.07) is 9.71. The molecule has 1 aliphatic rings. The molecule has 1 N–H and O–H groups in total. The molecule has 32 heavy (non-hydrogen) atoms. The lowest BCUT2D eigenvalue weighted by molar-refractivity contribution is -0.123. The zero-order valence-corrected chi connectivity index (χ0v) is 19.8. The molecule has 8 nitrogen and oxygen atoms in total. The largest absolute Gasteiger partial charge is 0.493 e. The zero-order valence-electron chi connectivity index (χ0n) is 18.3. The van der Waals surface area contributed by atoms with E-state index in [1.54, 1.807) is 34.1 Å². The van der Waals surface area contributed by atoms with Crippen molar-refractivity contribution in [2.24, 2.45) is 5.41 Å². The second-order valence-electron chi connectivity index (χ2n) is 8.07. The van der Waals surface area contributed by atoms with E-state index in [1.165, 1.54) is 18.2 Å². The van der Waals surface area contributed by atoms with E-state index in [1.807, 2.05) is 12.1 Å². The van der Waals surface area contributed by atoms with Crippen molar-refractivity contribution in [3.63, 3.8) is 0 Å². The third-order valence-electron chi connectivity index (χ3n) is 5.16. The Bertz CT molecular complexity index is 1160. The standard InChI is InChI=1S/C22H25ClN2O6S/c1-22(2)13-32(28,29)25(21(22)27)17-12-15(6-7-16(17)23)20(26)24-10-9-14-5-8-18(30-3)19(11-14)31-4/h5-8,11-12H,9-10,13H2,1-4H3,(H,24,26). The number of carbonyl (C=O) groups excluding carboxylic acids is 2. The topological polar surface area (TPSA) is 102 Å². The number of hydrogen-bond donors (Lipinski definition) is 1. The van der Waals surface area contributed by atoms with Crippen LogP contribution < -0.4 is 19.1 Å². The van der Waals surface area contributed by atoms with Gasteiger partial charge < -0.3 is 14.8 Å². The lowest BCUT2D eigenvalue weighted by Gasteiger charge is -2.19. The van der Waals surface area contributed by atoms with Gasteiger partial charge in [0.1, 0.15) is 0 Å².